The van der Waals surface area contributed by atoms with Crippen LogP contribution in [0.15, 0.2) is 54.6 Å². The van der Waals surface area contributed by atoms with Gasteiger partial charge in [0.1, 0.15) is 5.75 Å². The van der Waals surface area contributed by atoms with Gasteiger partial charge in [0.2, 0.25) is 0 Å². The summed E-state index contributed by atoms with van der Waals surface area (Å²) in [6, 6.07) is 17.1. The maximum atomic E-state index is 11.7. The molecule has 5 nitrogen and oxygen atoms in total. The third-order valence-electron chi connectivity index (χ3n) is 3.36. The summed E-state index contributed by atoms with van der Waals surface area (Å²) < 4.78 is 5.06. The number of benzene rings is 2. The highest BCUT2D eigenvalue weighted by Gasteiger charge is 2.12. The summed E-state index contributed by atoms with van der Waals surface area (Å²) in [7, 11) is 1.59. The number of carbonyl (C=O) groups excluding carboxylic acids is 2. The zero-order valence-corrected chi connectivity index (χ0v) is 13.0. The van der Waals surface area contributed by atoms with Gasteiger partial charge in [0.05, 0.1) is 7.11 Å². The molecule has 2 amide bonds. The van der Waals surface area contributed by atoms with Crippen molar-refractivity contribution in [3.63, 3.8) is 0 Å². The van der Waals surface area contributed by atoms with E-state index in [-0.39, 0.29) is 0 Å². The van der Waals surface area contributed by atoms with Crippen LogP contribution in [0.2, 0.25) is 0 Å². The van der Waals surface area contributed by atoms with Crippen LogP contribution >= 0.6 is 0 Å². The van der Waals surface area contributed by atoms with Crippen LogP contribution in [0.3, 0.4) is 0 Å². The molecular weight excluding hydrogens is 292 g/mol. The molecule has 0 bridgehead atoms. The molecule has 2 aromatic rings. The maximum absolute atomic E-state index is 11.7. The van der Waals surface area contributed by atoms with Gasteiger partial charge in [-0.15, -0.1) is 0 Å². The minimum absolute atomic E-state index is 0.301. The lowest BCUT2D eigenvalue weighted by Gasteiger charge is -2.07. The van der Waals surface area contributed by atoms with E-state index in [4.69, 9.17) is 4.74 Å². The van der Waals surface area contributed by atoms with Crippen molar-refractivity contribution in [2.24, 2.45) is 0 Å². The predicted molar refractivity (Wildman–Crippen MR) is 88.0 cm³/mol. The molecule has 0 aliphatic rings. The third-order valence-corrected chi connectivity index (χ3v) is 3.36. The Labute approximate surface area is 135 Å². The van der Waals surface area contributed by atoms with E-state index in [2.05, 4.69) is 10.6 Å². The molecule has 0 aromatic heterocycles. The van der Waals surface area contributed by atoms with E-state index in [0.717, 1.165) is 16.9 Å². The van der Waals surface area contributed by atoms with Gasteiger partial charge in [-0.2, -0.15) is 0 Å². The Kier molecular flexibility index (Phi) is 6.17. The lowest BCUT2D eigenvalue weighted by Crippen LogP contribution is -2.40. The van der Waals surface area contributed by atoms with Crippen LogP contribution < -0.4 is 15.4 Å². The van der Waals surface area contributed by atoms with Gasteiger partial charge in [0.25, 0.3) is 0 Å². The largest absolute Gasteiger partial charge is 0.497 e. The van der Waals surface area contributed by atoms with Gasteiger partial charge in [-0.3, -0.25) is 9.59 Å². The molecule has 0 unspecified atom stereocenters. The van der Waals surface area contributed by atoms with E-state index in [9.17, 15) is 9.59 Å². The van der Waals surface area contributed by atoms with E-state index in [1.54, 1.807) is 19.2 Å². The second kappa shape index (κ2) is 8.58. The first-order chi connectivity index (χ1) is 11.2. The SMILES string of the molecule is COc1ccc(CNC(=O)C(=O)NCCc2ccccc2)cc1. The van der Waals surface area contributed by atoms with Gasteiger partial charge in [-0.1, -0.05) is 42.5 Å². The molecule has 0 saturated heterocycles. The highest BCUT2D eigenvalue weighted by atomic mass is 16.5. The number of amides is 2. The average molecular weight is 312 g/mol. The number of rotatable bonds is 6. The summed E-state index contributed by atoms with van der Waals surface area (Å²) in [5.74, 6) is -0.498. The van der Waals surface area contributed by atoms with Crippen LogP contribution in [0.5, 0.6) is 5.75 Å². The number of hydrogen-bond donors (Lipinski definition) is 2. The van der Waals surface area contributed by atoms with Gasteiger partial charge in [-0.25, -0.2) is 0 Å². The zero-order valence-electron chi connectivity index (χ0n) is 13.0. The summed E-state index contributed by atoms with van der Waals surface area (Å²) in [5.41, 5.74) is 2.02. The molecule has 0 aliphatic carbocycles. The molecule has 0 heterocycles. The molecule has 0 saturated carbocycles. The molecule has 2 N–H and O–H groups in total. The number of methoxy groups -OCH3 is 1. The van der Waals surface area contributed by atoms with Gasteiger partial charge in [0, 0.05) is 13.1 Å². The molecule has 2 rings (SSSR count). The normalized spacial score (nSPS) is 9.96. The molecule has 0 aliphatic heterocycles. The van der Waals surface area contributed by atoms with Crippen molar-refractivity contribution in [3.05, 3.63) is 65.7 Å². The van der Waals surface area contributed by atoms with E-state index >= 15 is 0 Å². The smallest absolute Gasteiger partial charge is 0.309 e. The lowest BCUT2D eigenvalue weighted by molar-refractivity contribution is -0.139. The van der Waals surface area contributed by atoms with Crippen molar-refractivity contribution in [2.75, 3.05) is 13.7 Å². The standard InChI is InChI=1S/C18H20N2O3/c1-23-16-9-7-15(8-10-16)13-20-18(22)17(21)19-12-11-14-5-3-2-4-6-14/h2-10H,11-13H2,1H3,(H,19,21)(H,20,22). The van der Waals surface area contributed by atoms with Crippen molar-refractivity contribution < 1.29 is 14.3 Å². The van der Waals surface area contributed by atoms with E-state index in [1.165, 1.54) is 0 Å². The molecule has 0 spiro atoms. The van der Waals surface area contributed by atoms with Gasteiger partial charge < -0.3 is 15.4 Å². The monoisotopic (exact) mass is 312 g/mol. The molecule has 5 heteroatoms. The van der Waals surface area contributed by atoms with E-state index < -0.39 is 11.8 Å². The van der Waals surface area contributed by atoms with Crippen LogP contribution in [-0.2, 0) is 22.6 Å². The number of nitrogens with one attached hydrogen (secondary N) is 2. The quantitative estimate of drug-likeness (QED) is 0.797. The van der Waals surface area contributed by atoms with Crippen LogP contribution in [0.1, 0.15) is 11.1 Å². The van der Waals surface area contributed by atoms with Crippen LogP contribution in [0.4, 0.5) is 0 Å². The van der Waals surface area contributed by atoms with Crippen molar-refractivity contribution in [3.8, 4) is 5.75 Å². The van der Waals surface area contributed by atoms with E-state index in [1.807, 2.05) is 42.5 Å². The highest BCUT2D eigenvalue weighted by Crippen LogP contribution is 2.10. The number of hydrogen-bond acceptors (Lipinski definition) is 3. The Morgan fingerprint density at radius 2 is 1.52 bits per heavy atom. The van der Waals surface area contributed by atoms with Crippen LogP contribution in [-0.4, -0.2) is 25.5 Å². The third kappa shape index (κ3) is 5.47. The minimum atomic E-state index is -0.631. The summed E-state index contributed by atoms with van der Waals surface area (Å²) in [6.07, 6.45) is 0.693. The fourth-order valence-corrected chi connectivity index (χ4v) is 2.05. The second-order valence-corrected chi connectivity index (χ2v) is 5.02. The summed E-state index contributed by atoms with van der Waals surface area (Å²) in [4.78, 5) is 23.4. The Balaban J connectivity index is 1.71. The molecule has 0 fully saturated rings. The van der Waals surface area contributed by atoms with Crippen molar-refractivity contribution in [1.82, 2.24) is 10.6 Å². The second-order valence-electron chi connectivity index (χ2n) is 5.02. The Bertz CT molecular complexity index is 639. The fraction of sp³-hybridized carbons (Fsp3) is 0.222. The maximum Gasteiger partial charge on any atom is 0.309 e. The van der Waals surface area contributed by atoms with Crippen LogP contribution in [0.25, 0.3) is 0 Å². The molecule has 2 aromatic carbocycles. The Morgan fingerprint density at radius 1 is 0.870 bits per heavy atom. The first-order valence-corrected chi connectivity index (χ1v) is 7.42. The minimum Gasteiger partial charge on any atom is -0.497 e. The average Bonchev–Trinajstić information content (AvgIpc) is 2.61. The number of carbonyl (C=O) groups is 2. The van der Waals surface area contributed by atoms with Crippen molar-refractivity contribution in [2.45, 2.75) is 13.0 Å². The first-order valence-electron chi connectivity index (χ1n) is 7.42. The van der Waals surface area contributed by atoms with Gasteiger partial charge >= 0.3 is 11.8 Å². The summed E-state index contributed by atoms with van der Waals surface area (Å²) >= 11 is 0. The highest BCUT2D eigenvalue weighted by molar-refractivity contribution is 6.35. The first kappa shape index (κ1) is 16.5. The lowest BCUT2D eigenvalue weighted by atomic mass is 10.1. The molecule has 120 valence electrons. The molecule has 0 radical (unpaired) electrons. The fourth-order valence-electron chi connectivity index (χ4n) is 2.05. The predicted octanol–water partition coefficient (Wildman–Crippen LogP) is 1.67. The van der Waals surface area contributed by atoms with Crippen molar-refractivity contribution in [1.29, 1.82) is 0 Å². The topological polar surface area (TPSA) is 67.4 Å². The number of ether oxygens (including phenoxy) is 1. The van der Waals surface area contributed by atoms with Gasteiger partial charge in [-0.05, 0) is 29.7 Å². The molecule has 0 atom stereocenters. The summed E-state index contributed by atoms with van der Waals surface area (Å²) in [5, 5.41) is 5.21. The Hall–Kier alpha value is -2.82. The van der Waals surface area contributed by atoms with Gasteiger partial charge in [0.15, 0.2) is 0 Å². The molecule has 23 heavy (non-hydrogen) atoms. The Morgan fingerprint density at radius 3 is 2.17 bits per heavy atom. The van der Waals surface area contributed by atoms with E-state index in [0.29, 0.717) is 19.5 Å². The summed E-state index contributed by atoms with van der Waals surface area (Å²) in [6.45, 7) is 0.730. The molecular formula is C18H20N2O3. The van der Waals surface area contributed by atoms with Crippen molar-refractivity contribution >= 4 is 11.8 Å². The van der Waals surface area contributed by atoms with Crippen LogP contribution in [0, 0.1) is 0 Å². The zero-order chi connectivity index (χ0) is 16.5.